The van der Waals surface area contributed by atoms with Gasteiger partial charge in [-0.15, -0.1) is 24.0 Å². The molecule has 0 saturated carbocycles. The highest BCUT2D eigenvalue weighted by atomic mass is 127. The number of pyridine rings is 1. The minimum atomic E-state index is -0.0784. The number of carbonyl (C=O) groups excluding carboxylic acids is 1. The summed E-state index contributed by atoms with van der Waals surface area (Å²) in [4.78, 5) is 20.4. The molecule has 0 aliphatic carbocycles. The molecule has 2 aromatic rings. The van der Waals surface area contributed by atoms with Gasteiger partial charge < -0.3 is 16.0 Å². The monoisotopic (exact) mass is 467 g/mol. The lowest BCUT2D eigenvalue weighted by Gasteiger charge is -2.12. The first-order valence-corrected chi connectivity index (χ1v) is 8.39. The number of guanidine groups is 1. The summed E-state index contributed by atoms with van der Waals surface area (Å²) >= 11 is 0. The Kier molecular flexibility index (Phi) is 10.3. The highest BCUT2D eigenvalue weighted by Crippen LogP contribution is 2.04. The Morgan fingerprint density at radius 3 is 2.46 bits per heavy atom. The van der Waals surface area contributed by atoms with Gasteiger partial charge in [-0.05, 0) is 31.0 Å². The average molecular weight is 467 g/mol. The third-order valence-corrected chi connectivity index (χ3v) is 3.57. The van der Waals surface area contributed by atoms with Crippen molar-refractivity contribution in [3.63, 3.8) is 0 Å². The van der Waals surface area contributed by atoms with Crippen LogP contribution in [0.15, 0.2) is 53.5 Å². The zero-order chi connectivity index (χ0) is 17.9. The molecule has 0 aliphatic heterocycles. The molecule has 0 saturated heterocycles. The van der Waals surface area contributed by atoms with Crippen molar-refractivity contribution in [2.45, 2.75) is 19.8 Å². The molecule has 1 aromatic heterocycles. The number of hydrogen-bond donors (Lipinski definition) is 3. The van der Waals surface area contributed by atoms with Gasteiger partial charge >= 0.3 is 0 Å². The van der Waals surface area contributed by atoms with E-state index in [-0.39, 0.29) is 29.9 Å². The molecule has 140 valence electrons. The number of rotatable bonds is 7. The van der Waals surface area contributed by atoms with E-state index < -0.39 is 0 Å². The van der Waals surface area contributed by atoms with Gasteiger partial charge in [-0.1, -0.05) is 36.4 Å². The van der Waals surface area contributed by atoms with Crippen LogP contribution < -0.4 is 16.0 Å². The Balaban J connectivity index is 0.00000338. The predicted octanol–water partition coefficient (Wildman–Crippen LogP) is 2.74. The van der Waals surface area contributed by atoms with Gasteiger partial charge in [-0.25, -0.2) is 4.98 Å². The number of hydrogen-bond acceptors (Lipinski definition) is 3. The summed E-state index contributed by atoms with van der Waals surface area (Å²) in [5.74, 6) is 1.19. The van der Waals surface area contributed by atoms with Crippen LogP contribution in [0.25, 0.3) is 0 Å². The molecular weight excluding hydrogens is 441 g/mol. The molecule has 7 heteroatoms. The molecule has 2 rings (SSSR count). The summed E-state index contributed by atoms with van der Waals surface area (Å²) in [5.41, 5.74) is 2.15. The number of halogens is 1. The van der Waals surface area contributed by atoms with Gasteiger partial charge in [0, 0.05) is 32.3 Å². The van der Waals surface area contributed by atoms with Gasteiger partial charge in [0.2, 0.25) is 5.91 Å². The van der Waals surface area contributed by atoms with E-state index in [0.29, 0.717) is 24.7 Å². The third kappa shape index (κ3) is 8.28. The van der Waals surface area contributed by atoms with Crippen LogP contribution in [-0.4, -0.2) is 37.0 Å². The summed E-state index contributed by atoms with van der Waals surface area (Å²) < 4.78 is 0. The van der Waals surface area contributed by atoms with Crippen LogP contribution in [-0.2, 0) is 11.2 Å². The normalized spacial score (nSPS) is 10.6. The van der Waals surface area contributed by atoms with Crippen molar-refractivity contribution in [2.75, 3.05) is 25.5 Å². The quantitative estimate of drug-likeness (QED) is 0.333. The number of aromatic nitrogens is 1. The fraction of sp³-hybridized carbons (Fsp3) is 0.316. The van der Waals surface area contributed by atoms with Crippen molar-refractivity contribution in [2.24, 2.45) is 4.99 Å². The minimum absolute atomic E-state index is 0. The van der Waals surface area contributed by atoms with Gasteiger partial charge in [0.1, 0.15) is 5.82 Å². The maximum Gasteiger partial charge on any atom is 0.227 e. The minimum Gasteiger partial charge on any atom is -0.356 e. The van der Waals surface area contributed by atoms with Crippen LogP contribution in [0.2, 0.25) is 0 Å². The number of carbonyl (C=O) groups is 1. The molecule has 0 spiro atoms. The fourth-order valence-corrected chi connectivity index (χ4v) is 2.30. The van der Waals surface area contributed by atoms with E-state index in [1.165, 1.54) is 5.56 Å². The van der Waals surface area contributed by atoms with E-state index in [2.05, 4.69) is 38.1 Å². The third-order valence-electron chi connectivity index (χ3n) is 3.57. The topological polar surface area (TPSA) is 78.4 Å². The lowest BCUT2D eigenvalue weighted by atomic mass is 10.1. The second kappa shape index (κ2) is 12.2. The Labute approximate surface area is 171 Å². The SMILES string of the molecule is CN=C(NCCC(=O)Nc1cccc(C)n1)NCCc1ccccc1.I. The summed E-state index contributed by atoms with van der Waals surface area (Å²) in [6.45, 7) is 3.17. The van der Waals surface area contributed by atoms with Crippen molar-refractivity contribution in [1.82, 2.24) is 15.6 Å². The van der Waals surface area contributed by atoms with Crippen LogP contribution in [0.1, 0.15) is 17.7 Å². The summed E-state index contributed by atoms with van der Waals surface area (Å²) in [6.07, 6.45) is 1.26. The van der Waals surface area contributed by atoms with E-state index in [0.717, 1.165) is 18.7 Å². The Morgan fingerprint density at radius 2 is 1.77 bits per heavy atom. The molecule has 3 N–H and O–H groups in total. The molecule has 0 aliphatic rings. The average Bonchev–Trinajstić information content (AvgIpc) is 2.61. The first-order valence-electron chi connectivity index (χ1n) is 8.39. The largest absolute Gasteiger partial charge is 0.356 e. The first-order chi connectivity index (χ1) is 12.2. The van der Waals surface area contributed by atoms with Gasteiger partial charge in [-0.3, -0.25) is 9.79 Å². The van der Waals surface area contributed by atoms with Crippen LogP contribution in [0.4, 0.5) is 5.82 Å². The molecule has 6 nitrogen and oxygen atoms in total. The molecule has 0 unspecified atom stereocenters. The lowest BCUT2D eigenvalue weighted by molar-refractivity contribution is -0.116. The maximum atomic E-state index is 11.9. The Bertz CT molecular complexity index is 706. The van der Waals surface area contributed by atoms with Gasteiger partial charge in [0.25, 0.3) is 0 Å². The van der Waals surface area contributed by atoms with Gasteiger partial charge in [0.15, 0.2) is 5.96 Å². The summed E-state index contributed by atoms with van der Waals surface area (Å²) in [7, 11) is 1.72. The van der Waals surface area contributed by atoms with Crippen molar-refractivity contribution >= 4 is 41.7 Å². The van der Waals surface area contributed by atoms with E-state index in [1.54, 1.807) is 13.1 Å². The Hall–Kier alpha value is -2.16. The lowest BCUT2D eigenvalue weighted by Crippen LogP contribution is -2.39. The molecule has 1 amide bonds. The van der Waals surface area contributed by atoms with E-state index in [1.807, 2.05) is 37.3 Å². The number of nitrogens with one attached hydrogen (secondary N) is 3. The highest BCUT2D eigenvalue weighted by molar-refractivity contribution is 14.0. The van der Waals surface area contributed by atoms with Gasteiger partial charge in [0.05, 0.1) is 0 Å². The maximum absolute atomic E-state index is 11.9. The smallest absolute Gasteiger partial charge is 0.227 e. The molecular formula is C19H26IN5O. The van der Waals surface area contributed by atoms with Crippen LogP contribution >= 0.6 is 24.0 Å². The zero-order valence-electron chi connectivity index (χ0n) is 15.2. The predicted molar refractivity (Wildman–Crippen MR) is 117 cm³/mol. The molecule has 0 radical (unpaired) electrons. The van der Waals surface area contributed by atoms with Crippen molar-refractivity contribution in [1.29, 1.82) is 0 Å². The van der Waals surface area contributed by atoms with Crippen LogP contribution in [0.5, 0.6) is 0 Å². The zero-order valence-corrected chi connectivity index (χ0v) is 17.5. The summed E-state index contributed by atoms with van der Waals surface area (Å²) in [6, 6.07) is 15.8. The van der Waals surface area contributed by atoms with Gasteiger partial charge in [-0.2, -0.15) is 0 Å². The highest BCUT2D eigenvalue weighted by Gasteiger charge is 2.04. The number of anilines is 1. The molecule has 1 heterocycles. The van der Waals surface area contributed by atoms with E-state index >= 15 is 0 Å². The first kappa shape index (κ1) is 21.9. The number of aryl methyl sites for hydroxylation is 1. The van der Waals surface area contributed by atoms with Crippen molar-refractivity contribution in [3.8, 4) is 0 Å². The number of amides is 1. The van der Waals surface area contributed by atoms with E-state index in [9.17, 15) is 4.79 Å². The molecule has 0 bridgehead atoms. The standard InChI is InChI=1S/C19H25N5O.HI/c1-15-7-6-10-17(23-15)24-18(25)12-14-22-19(20-2)21-13-11-16-8-4-3-5-9-16;/h3-10H,11-14H2,1-2H3,(H2,20,21,22)(H,23,24,25);1H. The number of nitrogens with zero attached hydrogens (tertiary/aromatic N) is 2. The molecule has 0 atom stereocenters. The number of benzene rings is 1. The van der Waals surface area contributed by atoms with E-state index in [4.69, 9.17) is 0 Å². The number of aliphatic imine (C=N–C) groups is 1. The van der Waals surface area contributed by atoms with Crippen molar-refractivity contribution in [3.05, 3.63) is 59.8 Å². The molecule has 0 fully saturated rings. The molecule has 1 aromatic carbocycles. The summed E-state index contributed by atoms with van der Waals surface area (Å²) in [5, 5.41) is 9.17. The molecule has 26 heavy (non-hydrogen) atoms. The second-order valence-corrected chi connectivity index (χ2v) is 5.62. The van der Waals surface area contributed by atoms with Crippen LogP contribution in [0.3, 0.4) is 0 Å². The fourth-order valence-electron chi connectivity index (χ4n) is 2.30. The Morgan fingerprint density at radius 1 is 1.04 bits per heavy atom. The van der Waals surface area contributed by atoms with Crippen molar-refractivity contribution < 1.29 is 4.79 Å². The van der Waals surface area contributed by atoms with Crippen LogP contribution in [0, 0.1) is 6.92 Å². The second-order valence-electron chi connectivity index (χ2n) is 5.62.